The number of carbonyl (C=O) groups is 4. The zero-order valence-corrected chi connectivity index (χ0v) is 29.1. The molecule has 1 heterocycles. The summed E-state index contributed by atoms with van der Waals surface area (Å²) in [6.45, 7) is 1.42. The van der Waals surface area contributed by atoms with Gasteiger partial charge in [-0.1, -0.05) is 84.9 Å². The standard InChI is InChI=1S/C44H35NO7/c1-26(46)29-19-24-35(52-4)34(25-29)45-40(47)38-39(41(45)48)44(31-13-9-6-10-14-31)37(28-17-22-33(51-3)23-18-28)36(27-15-20-32(50-2)21-16-27)43(38,42(44)49)30-11-7-5-8-12-30/h5-25,38-39H,1-4H3/t38-,39+,43-,44+. The topological polar surface area (TPSA) is 99.2 Å². The van der Waals surface area contributed by atoms with Crippen LogP contribution in [0.1, 0.15) is 39.5 Å². The number of Topliss-reactive ketones (excluding diaryl/α,β-unsaturated/α-hetero) is 2. The lowest BCUT2D eigenvalue weighted by Crippen LogP contribution is -2.45. The smallest absolute Gasteiger partial charge is 0.239 e. The van der Waals surface area contributed by atoms with Crippen molar-refractivity contribution in [1.29, 1.82) is 0 Å². The van der Waals surface area contributed by atoms with E-state index in [4.69, 9.17) is 14.2 Å². The Morgan fingerprint density at radius 1 is 0.577 bits per heavy atom. The molecular formula is C44H35NO7. The molecule has 52 heavy (non-hydrogen) atoms. The molecule has 4 atom stereocenters. The van der Waals surface area contributed by atoms with Crippen LogP contribution in [0.3, 0.4) is 0 Å². The number of nitrogens with zero attached hydrogens (tertiary/aromatic N) is 1. The summed E-state index contributed by atoms with van der Waals surface area (Å²) in [5, 5.41) is 0. The SMILES string of the molecule is COc1ccc(C2=C(c3ccc(OC)cc3)[C@@]3(c4ccccc4)C(=O)[C@]2(c2ccccc2)[C@@H]2C(=O)N(c4cc(C(C)=O)ccc4OC)C(=O)[C@@H]23)cc1. The number of ketones is 2. The van der Waals surface area contributed by atoms with E-state index in [1.165, 1.54) is 20.1 Å². The molecule has 0 unspecified atom stereocenters. The van der Waals surface area contributed by atoms with Gasteiger partial charge < -0.3 is 14.2 Å². The van der Waals surface area contributed by atoms with Crippen molar-refractivity contribution in [3.8, 4) is 17.2 Å². The van der Waals surface area contributed by atoms with Crippen LogP contribution in [-0.4, -0.2) is 44.7 Å². The highest BCUT2D eigenvalue weighted by Gasteiger charge is 2.82. The summed E-state index contributed by atoms with van der Waals surface area (Å²) in [7, 11) is 4.63. The van der Waals surface area contributed by atoms with E-state index < -0.39 is 34.5 Å². The van der Waals surface area contributed by atoms with Crippen molar-refractivity contribution < 1.29 is 33.4 Å². The van der Waals surface area contributed by atoms with Gasteiger partial charge in [0.15, 0.2) is 11.6 Å². The molecular weight excluding hydrogens is 654 g/mol. The van der Waals surface area contributed by atoms with Gasteiger partial charge in [0.25, 0.3) is 0 Å². The van der Waals surface area contributed by atoms with E-state index in [2.05, 4.69) is 0 Å². The summed E-state index contributed by atoms with van der Waals surface area (Å²) in [6, 6.07) is 38.3. The summed E-state index contributed by atoms with van der Waals surface area (Å²) >= 11 is 0. The molecule has 1 saturated heterocycles. The van der Waals surface area contributed by atoms with E-state index in [0.717, 1.165) is 16.0 Å². The lowest BCUT2D eigenvalue weighted by molar-refractivity contribution is -0.130. The molecule has 2 aliphatic carbocycles. The molecule has 1 aliphatic heterocycles. The van der Waals surface area contributed by atoms with Crippen LogP contribution in [0.25, 0.3) is 11.1 Å². The number of hydrogen-bond donors (Lipinski definition) is 0. The molecule has 8 heteroatoms. The van der Waals surface area contributed by atoms with Crippen LogP contribution < -0.4 is 19.1 Å². The molecule has 2 amide bonds. The second-order valence-electron chi connectivity index (χ2n) is 13.3. The minimum absolute atomic E-state index is 0.162. The Morgan fingerprint density at radius 2 is 1.02 bits per heavy atom. The molecule has 0 radical (unpaired) electrons. The van der Waals surface area contributed by atoms with Gasteiger partial charge in [-0.3, -0.25) is 19.2 Å². The molecule has 3 aliphatic rings. The van der Waals surface area contributed by atoms with Crippen molar-refractivity contribution >= 4 is 40.2 Å². The monoisotopic (exact) mass is 689 g/mol. The second kappa shape index (κ2) is 12.2. The highest BCUT2D eigenvalue weighted by atomic mass is 16.5. The zero-order chi connectivity index (χ0) is 36.4. The van der Waals surface area contributed by atoms with Crippen molar-refractivity contribution in [3.05, 3.63) is 155 Å². The molecule has 258 valence electrons. The number of rotatable bonds is 9. The highest BCUT2D eigenvalue weighted by molar-refractivity contribution is 6.39. The Bertz CT molecular complexity index is 2170. The quantitative estimate of drug-likeness (QED) is 0.120. The number of amides is 2. The van der Waals surface area contributed by atoms with Crippen LogP contribution >= 0.6 is 0 Å². The number of benzene rings is 5. The van der Waals surface area contributed by atoms with E-state index in [0.29, 0.717) is 39.3 Å². The number of imide groups is 1. The van der Waals surface area contributed by atoms with Gasteiger partial charge in [0.1, 0.15) is 17.2 Å². The second-order valence-corrected chi connectivity index (χ2v) is 13.3. The van der Waals surface area contributed by atoms with Crippen molar-refractivity contribution in [2.45, 2.75) is 17.8 Å². The maximum atomic E-state index is 16.2. The number of allylic oxidation sites excluding steroid dienone is 2. The van der Waals surface area contributed by atoms with Gasteiger partial charge in [0.2, 0.25) is 11.8 Å². The third-order valence-electron chi connectivity index (χ3n) is 11.0. The van der Waals surface area contributed by atoms with E-state index in [1.54, 1.807) is 26.4 Å². The van der Waals surface area contributed by atoms with Crippen LogP contribution in [0.5, 0.6) is 17.2 Å². The van der Waals surface area contributed by atoms with Gasteiger partial charge in [-0.25, -0.2) is 4.90 Å². The van der Waals surface area contributed by atoms with Crippen LogP contribution in [0.2, 0.25) is 0 Å². The third kappa shape index (κ3) is 4.27. The average molecular weight is 690 g/mol. The predicted molar refractivity (Wildman–Crippen MR) is 197 cm³/mol. The molecule has 5 aromatic carbocycles. The number of hydrogen-bond acceptors (Lipinski definition) is 7. The fraction of sp³-hybridized carbons (Fsp3) is 0.182. The first kappa shape index (κ1) is 32.9. The molecule has 1 saturated carbocycles. The summed E-state index contributed by atoms with van der Waals surface area (Å²) < 4.78 is 16.7. The number of carbonyl (C=O) groups excluding carboxylic acids is 4. The molecule has 0 aromatic heterocycles. The minimum Gasteiger partial charge on any atom is -0.497 e. The fourth-order valence-electron chi connectivity index (χ4n) is 8.96. The largest absolute Gasteiger partial charge is 0.497 e. The molecule has 5 aromatic rings. The first-order chi connectivity index (χ1) is 25.2. The van der Waals surface area contributed by atoms with Crippen molar-refractivity contribution in [2.24, 2.45) is 11.8 Å². The number of ether oxygens (including phenoxy) is 3. The van der Waals surface area contributed by atoms with Gasteiger partial charge >= 0.3 is 0 Å². The maximum Gasteiger partial charge on any atom is 0.239 e. The Kier molecular flexibility index (Phi) is 7.72. The molecule has 2 fully saturated rings. The summed E-state index contributed by atoms with van der Waals surface area (Å²) in [5.41, 5.74) is 1.22. The van der Waals surface area contributed by atoms with E-state index in [1.807, 2.05) is 109 Å². The average Bonchev–Trinajstić information content (AvgIpc) is 3.70. The summed E-state index contributed by atoms with van der Waals surface area (Å²) in [6.07, 6.45) is 0. The lowest BCUT2D eigenvalue weighted by Gasteiger charge is -2.39. The lowest BCUT2D eigenvalue weighted by atomic mass is 9.59. The van der Waals surface area contributed by atoms with E-state index in [-0.39, 0.29) is 23.0 Å². The summed E-state index contributed by atoms with van der Waals surface area (Å²) in [5.74, 6) is -2.31. The molecule has 0 N–H and O–H groups in total. The molecule has 8 nitrogen and oxygen atoms in total. The van der Waals surface area contributed by atoms with Crippen molar-refractivity contribution in [2.75, 3.05) is 26.2 Å². The molecule has 2 bridgehead atoms. The Balaban J connectivity index is 1.53. The van der Waals surface area contributed by atoms with Crippen LogP contribution in [-0.2, 0) is 25.2 Å². The Labute approximate surface area is 301 Å². The van der Waals surface area contributed by atoms with Crippen molar-refractivity contribution in [3.63, 3.8) is 0 Å². The minimum atomic E-state index is -1.60. The van der Waals surface area contributed by atoms with Crippen LogP contribution in [0.15, 0.2) is 127 Å². The van der Waals surface area contributed by atoms with E-state index in [9.17, 15) is 4.79 Å². The predicted octanol–water partition coefficient (Wildman–Crippen LogP) is 7.10. The first-order valence-electron chi connectivity index (χ1n) is 17.0. The summed E-state index contributed by atoms with van der Waals surface area (Å²) in [4.78, 5) is 60.7. The van der Waals surface area contributed by atoms with E-state index >= 15 is 14.4 Å². The van der Waals surface area contributed by atoms with Crippen molar-refractivity contribution in [1.82, 2.24) is 0 Å². The van der Waals surface area contributed by atoms with Gasteiger partial charge in [-0.05, 0) is 82.8 Å². The molecule has 0 spiro atoms. The Morgan fingerprint density at radius 3 is 1.40 bits per heavy atom. The van der Waals surface area contributed by atoms with Crippen LogP contribution in [0, 0.1) is 11.8 Å². The van der Waals surface area contributed by atoms with Gasteiger partial charge in [-0.2, -0.15) is 0 Å². The molecule has 8 rings (SSSR count). The normalized spacial score (nSPS) is 23.2. The highest BCUT2D eigenvalue weighted by Crippen LogP contribution is 2.74. The number of anilines is 1. The van der Waals surface area contributed by atoms with Crippen LogP contribution in [0.4, 0.5) is 5.69 Å². The third-order valence-corrected chi connectivity index (χ3v) is 11.0. The number of methoxy groups -OCH3 is 3. The maximum absolute atomic E-state index is 16.2. The van der Waals surface area contributed by atoms with Gasteiger partial charge in [0.05, 0.1) is 49.7 Å². The van der Waals surface area contributed by atoms with Gasteiger partial charge in [-0.15, -0.1) is 0 Å². The fourth-order valence-corrected chi connectivity index (χ4v) is 8.96. The zero-order valence-electron chi connectivity index (χ0n) is 29.1. The first-order valence-corrected chi connectivity index (χ1v) is 17.0. The number of fused-ring (bicyclic) bond motifs is 5. The van der Waals surface area contributed by atoms with Gasteiger partial charge in [0, 0.05) is 5.56 Å². The Hall–Kier alpha value is -6.28.